The minimum atomic E-state index is -0.267. The van der Waals surface area contributed by atoms with Crippen LogP contribution in [0.3, 0.4) is 0 Å². The van der Waals surface area contributed by atoms with Crippen LogP contribution in [0.25, 0.3) is 11.0 Å². The highest BCUT2D eigenvalue weighted by Gasteiger charge is 2.19. The van der Waals surface area contributed by atoms with E-state index in [-0.39, 0.29) is 11.9 Å². The molecule has 2 aromatic carbocycles. The number of rotatable bonds is 9. The highest BCUT2D eigenvalue weighted by atomic mass is 35.5. The molecule has 0 bridgehead atoms. The number of carbonyl (C=O) groups excluding carboxylic acids is 1. The van der Waals surface area contributed by atoms with Crippen LogP contribution >= 0.6 is 11.6 Å². The van der Waals surface area contributed by atoms with E-state index in [2.05, 4.69) is 20.9 Å². The Labute approximate surface area is 192 Å². The summed E-state index contributed by atoms with van der Waals surface area (Å²) in [5, 5.41) is 3.64. The predicted octanol–water partition coefficient (Wildman–Crippen LogP) is 5.43. The second-order valence-corrected chi connectivity index (χ2v) is 7.91. The van der Waals surface area contributed by atoms with Crippen molar-refractivity contribution in [3.8, 4) is 5.75 Å². The first-order valence-electron chi connectivity index (χ1n) is 10.7. The van der Waals surface area contributed by atoms with Crippen molar-refractivity contribution in [1.82, 2.24) is 19.9 Å². The molecule has 0 spiro atoms. The van der Waals surface area contributed by atoms with Gasteiger partial charge in [0.2, 0.25) is 0 Å². The van der Waals surface area contributed by atoms with E-state index < -0.39 is 0 Å². The molecule has 1 N–H and O–H groups in total. The van der Waals surface area contributed by atoms with Gasteiger partial charge in [-0.15, -0.1) is 0 Å². The van der Waals surface area contributed by atoms with E-state index in [1.807, 2.05) is 49.4 Å². The first-order chi connectivity index (χ1) is 15.6. The summed E-state index contributed by atoms with van der Waals surface area (Å²) in [6.45, 7) is 3.29. The van der Waals surface area contributed by atoms with E-state index >= 15 is 0 Å². The molecular weight excluding hydrogens is 424 g/mol. The van der Waals surface area contributed by atoms with Gasteiger partial charge < -0.3 is 14.6 Å². The number of amides is 1. The van der Waals surface area contributed by atoms with Gasteiger partial charge >= 0.3 is 0 Å². The van der Waals surface area contributed by atoms with E-state index in [4.69, 9.17) is 21.3 Å². The van der Waals surface area contributed by atoms with Gasteiger partial charge in [0.05, 0.1) is 28.7 Å². The molecule has 0 fully saturated rings. The quantitative estimate of drug-likeness (QED) is 0.346. The molecule has 0 radical (unpaired) electrons. The minimum Gasteiger partial charge on any atom is -0.492 e. The Bertz CT molecular complexity index is 1190. The summed E-state index contributed by atoms with van der Waals surface area (Å²) in [5.74, 6) is 1.31. The Balaban J connectivity index is 1.43. The summed E-state index contributed by atoms with van der Waals surface area (Å²) in [5.41, 5.74) is 2.35. The third-order valence-electron chi connectivity index (χ3n) is 5.19. The molecule has 7 heteroatoms. The van der Waals surface area contributed by atoms with Crippen LogP contribution in [0.2, 0.25) is 5.02 Å². The van der Waals surface area contributed by atoms with Crippen molar-refractivity contribution in [3.63, 3.8) is 0 Å². The Morgan fingerprint density at radius 2 is 1.84 bits per heavy atom. The van der Waals surface area contributed by atoms with E-state index in [1.54, 1.807) is 24.4 Å². The maximum atomic E-state index is 12.6. The number of nitrogens with zero attached hydrogens (tertiary/aromatic N) is 3. The second kappa shape index (κ2) is 10.3. The number of nitrogens with one attached hydrogen (secondary N) is 1. The van der Waals surface area contributed by atoms with Crippen molar-refractivity contribution >= 4 is 28.5 Å². The lowest BCUT2D eigenvalue weighted by atomic mass is 10.2. The highest BCUT2D eigenvalue weighted by molar-refractivity contribution is 6.32. The van der Waals surface area contributed by atoms with Gasteiger partial charge in [0.25, 0.3) is 5.91 Å². The van der Waals surface area contributed by atoms with Crippen LogP contribution < -0.4 is 10.1 Å². The van der Waals surface area contributed by atoms with Crippen molar-refractivity contribution in [2.75, 3.05) is 6.61 Å². The van der Waals surface area contributed by atoms with Crippen LogP contribution in [0.4, 0.5) is 0 Å². The van der Waals surface area contributed by atoms with Gasteiger partial charge in [-0.05, 0) is 56.2 Å². The van der Waals surface area contributed by atoms with Crippen LogP contribution in [0.1, 0.15) is 42.1 Å². The molecule has 6 nitrogen and oxygen atoms in total. The smallest absolute Gasteiger partial charge is 0.270 e. The number of halogens is 1. The Kier molecular flexibility index (Phi) is 7.02. The molecule has 32 heavy (non-hydrogen) atoms. The largest absolute Gasteiger partial charge is 0.492 e. The zero-order chi connectivity index (χ0) is 22.3. The number of imidazole rings is 1. The van der Waals surface area contributed by atoms with Gasteiger partial charge in [0.1, 0.15) is 17.3 Å². The molecule has 0 aliphatic carbocycles. The van der Waals surface area contributed by atoms with E-state index in [9.17, 15) is 4.79 Å². The summed E-state index contributed by atoms with van der Waals surface area (Å²) in [7, 11) is 0. The van der Waals surface area contributed by atoms with E-state index in [1.165, 1.54) is 0 Å². The summed E-state index contributed by atoms with van der Waals surface area (Å²) in [6.07, 6.45) is 3.38. The SMILES string of the molecule is CC(NC(=O)c1ccccn1)c1nc2ccccc2n1CCCCOc1ccccc1Cl. The average Bonchev–Trinajstić information content (AvgIpc) is 3.19. The number of benzene rings is 2. The predicted molar refractivity (Wildman–Crippen MR) is 126 cm³/mol. The highest BCUT2D eigenvalue weighted by Crippen LogP contribution is 2.24. The molecular formula is C25H25ClN4O2. The molecule has 2 aromatic heterocycles. The number of pyridine rings is 1. The van der Waals surface area contributed by atoms with E-state index in [0.29, 0.717) is 23.1 Å². The Morgan fingerprint density at radius 1 is 1.06 bits per heavy atom. The molecule has 0 aliphatic rings. The number of unbranched alkanes of at least 4 members (excludes halogenated alkanes) is 1. The summed E-state index contributed by atoms with van der Waals surface area (Å²) >= 11 is 6.15. The van der Waals surface area contributed by atoms with Gasteiger partial charge in [-0.25, -0.2) is 4.98 Å². The van der Waals surface area contributed by atoms with Crippen molar-refractivity contribution in [2.24, 2.45) is 0 Å². The molecule has 1 atom stereocenters. The molecule has 0 aliphatic heterocycles. The van der Waals surface area contributed by atoms with Crippen molar-refractivity contribution < 1.29 is 9.53 Å². The van der Waals surface area contributed by atoms with Crippen LogP contribution in [0.5, 0.6) is 5.75 Å². The fourth-order valence-electron chi connectivity index (χ4n) is 3.61. The Hall–Kier alpha value is -3.38. The molecule has 2 heterocycles. The standard InChI is InChI=1S/C25H25ClN4O2/c1-18(28-25(31)21-12-6-7-15-27-21)24-29-20-11-3-4-13-22(20)30(24)16-8-9-17-32-23-14-5-2-10-19(23)26/h2-7,10-15,18H,8-9,16-17H2,1H3,(H,28,31). The van der Waals surface area contributed by atoms with Crippen LogP contribution in [0.15, 0.2) is 72.9 Å². The van der Waals surface area contributed by atoms with Crippen molar-refractivity contribution in [2.45, 2.75) is 32.4 Å². The number of aryl methyl sites for hydroxylation is 1. The number of hydrogen-bond acceptors (Lipinski definition) is 4. The second-order valence-electron chi connectivity index (χ2n) is 7.51. The zero-order valence-electron chi connectivity index (χ0n) is 17.9. The molecule has 1 unspecified atom stereocenters. The molecule has 4 aromatic rings. The van der Waals surface area contributed by atoms with Crippen LogP contribution in [0, 0.1) is 0 Å². The maximum absolute atomic E-state index is 12.6. The summed E-state index contributed by atoms with van der Waals surface area (Å²) in [4.78, 5) is 21.5. The number of carbonyl (C=O) groups is 1. The first-order valence-corrected chi connectivity index (χ1v) is 11.1. The number of fused-ring (bicyclic) bond motifs is 1. The van der Waals surface area contributed by atoms with Gasteiger partial charge in [-0.1, -0.05) is 41.9 Å². The lowest BCUT2D eigenvalue weighted by molar-refractivity contribution is 0.0932. The lowest BCUT2D eigenvalue weighted by Crippen LogP contribution is -2.29. The molecule has 4 rings (SSSR count). The number of hydrogen-bond donors (Lipinski definition) is 1. The number of para-hydroxylation sites is 3. The van der Waals surface area contributed by atoms with Crippen molar-refractivity contribution in [3.05, 3.63) is 89.5 Å². The summed E-state index contributed by atoms with van der Waals surface area (Å²) in [6, 6.07) is 20.5. The fourth-order valence-corrected chi connectivity index (χ4v) is 3.80. The maximum Gasteiger partial charge on any atom is 0.270 e. The average molecular weight is 449 g/mol. The third-order valence-corrected chi connectivity index (χ3v) is 5.50. The van der Waals surface area contributed by atoms with Crippen LogP contribution in [-0.2, 0) is 6.54 Å². The van der Waals surface area contributed by atoms with Gasteiger partial charge in [0, 0.05) is 12.7 Å². The third kappa shape index (κ3) is 5.08. The first kappa shape index (κ1) is 21.8. The topological polar surface area (TPSA) is 69.0 Å². The molecule has 1 amide bonds. The van der Waals surface area contributed by atoms with Crippen LogP contribution in [-0.4, -0.2) is 27.0 Å². The normalized spacial score (nSPS) is 11.9. The fraction of sp³-hybridized carbons (Fsp3) is 0.240. The van der Waals surface area contributed by atoms with Gasteiger partial charge in [0.15, 0.2) is 0 Å². The minimum absolute atomic E-state index is 0.218. The molecule has 0 saturated heterocycles. The van der Waals surface area contributed by atoms with E-state index in [0.717, 1.165) is 36.2 Å². The van der Waals surface area contributed by atoms with Gasteiger partial charge in [-0.3, -0.25) is 9.78 Å². The van der Waals surface area contributed by atoms with Gasteiger partial charge in [-0.2, -0.15) is 0 Å². The monoisotopic (exact) mass is 448 g/mol. The number of ether oxygens (including phenoxy) is 1. The molecule has 164 valence electrons. The summed E-state index contributed by atoms with van der Waals surface area (Å²) < 4.78 is 7.98. The number of aromatic nitrogens is 3. The lowest BCUT2D eigenvalue weighted by Gasteiger charge is -2.16. The van der Waals surface area contributed by atoms with Crippen molar-refractivity contribution in [1.29, 1.82) is 0 Å². The Morgan fingerprint density at radius 3 is 2.66 bits per heavy atom. The molecule has 0 saturated carbocycles. The zero-order valence-corrected chi connectivity index (χ0v) is 18.6.